The maximum Gasteiger partial charge on any atom is 0.265 e. The predicted octanol–water partition coefficient (Wildman–Crippen LogP) is 1.94. The van der Waals surface area contributed by atoms with E-state index in [0.29, 0.717) is 31.1 Å². The van der Waals surface area contributed by atoms with Gasteiger partial charge in [0.25, 0.3) is 6.43 Å². The van der Waals surface area contributed by atoms with Crippen LogP contribution in [-0.2, 0) is 4.74 Å². The summed E-state index contributed by atoms with van der Waals surface area (Å²) in [5.74, 6) is 0. The maximum atomic E-state index is 13.0. The van der Waals surface area contributed by atoms with Crippen molar-refractivity contribution in [3.8, 4) is 6.07 Å². The highest BCUT2D eigenvalue weighted by molar-refractivity contribution is 5.60. The van der Waals surface area contributed by atoms with Gasteiger partial charge in [-0.25, -0.2) is 8.78 Å². The van der Waals surface area contributed by atoms with Crippen LogP contribution >= 0.6 is 0 Å². The summed E-state index contributed by atoms with van der Waals surface area (Å²) in [6.45, 7) is 1.13. The first kappa shape index (κ1) is 12.6. The molecule has 1 aromatic rings. The lowest BCUT2D eigenvalue weighted by atomic mass is 10.1. The second-order valence-electron chi connectivity index (χ2n) is 4.05. The van der Waals surface area contributed by atoms with E-state index in [1.807, 2.05) is 6.07 Å². The van der Waals surface area contributed by atoms with Crippen molar-refractivity contribution < 1.29 is 13.5 Å². The minimum Gasteiger partial charge on any atom is -0.399 e. The molecule has 2 N–H and O–H groups in total. The molecule has 0 aromatic heterocycles. The summed E-state index contributed by atoms with van der Waals surface area (Å²) in [4.78, 5) is 1.73. The summed E-state index contributed by atoms with van der Waals surface area (Å²) in [6.07, 6.45) is -3.17. The summed E-state index contributed by atoms with van der Waals surface area (Å²) in [7, 11) is 0. The quantitative estimate of drug-likeness (QED) is 0.818. The van der Waals surface area contributed by atoms with Gasteiger partial charge in [0.15, 0.2) is 6.10 Å². The van der Waals surface area contributed by atoms with Crippen molar-refractivity contribution in [1.29, 1.82) is 5.26 Å². The van der Waals surface area contributed by atoms with E-state index in [4.69, 9.17) is 15.7 Å². The minimum atomic E-state index is -2.59. The Labute approximate surface area is 104 Å². The van der Waals surface area contributed by atoms with Gasteiger partial charge < -0.3 is 15.4 Å². The van der Waals surface area contributed by atoms with Crippen LogP contribution < -0.4 is 10.6 Å². The zero-order valence-electron chi connectivity index (χ0n) is 9.64. The molecule has 1 unspecified atom stereocenters. The summed E-state index contributed by atoms with van der Waals surface area (Å²) in [6, 6.07) is 6.41. The fraction of sp³-hybridized carbons (Fsp3) is 0.417. The zero-order chi connectivity index (χ0) is 13.1. The van der Waals surface area contributed by atoms with Crippen LogP contribution in [-0.4, -0.2) is 25.8 Å². The number of morpholine rings is 1. The highest BCUT2D eigenvalue weighted by atomic mass is 19.3. The number of nitriles is 1. The maximum absolute atomic E-state index is 13.0. The number of hydrogen-bond donors (Lipinski definition) is 1. The average molecular weight is 253 g/mol. The number of anilines is 2. The third-order valence-corrected chi connectivity index (χ3v) is 2.84. The number of nitrogen functional groups attached to an aromatic ring is 1. The van der Waals surface area contributed by atoms with Gasteiger partial charge in [0.05, 0.1) is 19.2 Å². The molecule has 0 aliphatic carbocycles. The van der Waals surface area contributed by atoms with Gasteiger partial charge in [0.1, 0.15) is 0 Å². The molecule has 2 rings (SSSR count). The number of nitrogens with two attached hydrogens (primary N) is 1. The van der Waals surface area contributed by atoms with Gasteiger partial charge in [-0.1, -0.05) is 0 Å². The van der Waals surface area contributed by atoms with Crippen molar-refractivity contribution in [3.05, 3.63) is 23.8 Å². The second kappa shape index (κ2) is 5.19. The zero-order valence-corrected chi connectivity index (χ0v) is 9.64. The van der Waals surface area contributed by atoms with E-state index in [-0.39, 0.29) is 5.56 Å². The molecule has 0 radical (unpaired) electrons. The van der Waals surface area contributed by atoms with E-state index in [1.54, 1.807) is 17.0 Å². The van der Waals surface area contributed by atoms with Crippen LogP contribution in [0.4, 0.5) is 20.2 Å². The molecule has 1 atom stereocenters. The summed E-state index contributed by atoms with van der Waals surface area (Å²) in [5.41, 5.74) is 6.14. The Morgan fingerprint density at radius 2 is 2.28 bits per heavy atom. The van der Waals surface area contributed by atoms with Gasteiger partial charge in [-0.15, -0.1) is 0 Å². The predicted molar refractivity (Wildman–Crippen MR) is 63.4 cm³/mol. The number of rotatable bonds is 2. The molecule has 4 nitrogen and oxygen atoms in total. The fourth-order valence-electron chi connectivity index (χ4n) is 1.98. The highest BCUT2D eigenvalue weighted by Crippen LogP contribution is 2.32. The van der Waals surface area contributed by atoms with Crippen molar-refractivity contribution >= 4 is 11.4 Å². The SMILES string of the molecule is N#CC1CN(c2ccc(N)cc2C(F)F)CCO1. The lowest BCUT2D eigenvalue weighted by Crippen LogP contribution is -2.42. The normalized spacial score (nSPS) is 19.9. The van der Waals surface area contributed by atoms with Crippen molar-refractivity contribution in [1.82, 2.24) is 0 Å². The van der Waals surface area contributed by atoms with Crippen molar-refractivity contribution in [3.63, 3.8) is 0 Å². The van der Waals surface area contributed by atoms with E-state index in [9.17, 15) is 8.78 Å². The smallest absolute Gasteiger partial charge is 0.265 e. The van der Waals surface area contributed by atoms with Gasteiger partial charge in [-0.3, -0.25) is 0 Å². The molecule has 0 bridgehead atoms. The Morgan fingerprint density at radius 1 is 1.50 bits per heavy atom. The number of halogens is 2. The van der Waals surface area contributed by atoms with Crippen molar-refractivity contribution in [2.24, 2.45) is 0 Å². The molecular formula is C12H13F2N3O. The number of hydrogen-bond acceptors (Lipinski definition) is 4. The molecule has 18 heavy (non-hydrogen) atoms. The second-order valence-corrected chi connectivity index (χ2v) is 4.05. The summed E-state index contributed by atoms with van der Waals surface area (Å²) >= 11 is 0. The molecule has 96 valence electrons. The van der Waals surface area contributed by atoms with Crippen LogP contribution in [0.15, 0.2) is 18.2 Å². The molecule has 1 aliphatic heterocycles. The van der Waals surface area contributed by atoms with E-state index in [1.165, 1.54) is 6.07 Å². The number of nitrogens with zero attached hydrogens (tertiary/aromatic N) is 2. The van der Waals surface area contributed by atoms with E-state index in [0.717, 1.165) is 0 Å². The number of benzene rings is 1. The molecule has 0 amide bonds. The molecule has 1 aliphatic rings. The summed E-state index contributed by atoms with van der Waals surface area (Å²) in [5, 5.41) is 8.81. The lowest BCUT2D eigenvalue weighted by Gasteiger charge is -2.33. The van der Waals surface area contributed by atoms with Crippen LogP contribution in [0.25, 0.3) is 0 Å². The van der Waals surface area contributed by atoms with Crippen molar-refractivity contribution in [2.45, 2.75) is 12.5 Å². The third-order valence-electron chi connectivity index (χ3n) is 2.84. The van der Waals surface area contributed by atoms with Crippen LogP contribution in [0, 0.1) is 11.3 Å². The monoisotopic (exact) mass is 253 g/mol. The molecular weight excluding hydrogens is 240 g/mol. The minimum absolute atomic E-state index is 0.103. The Balaban J connectivity index is 2.30. The largest absolute Gasteiger partial charge is 0.399 e. The van der Waals surface area contributed by atoms with Crippen LogP contribution in [0.3, 0.4) is 0 Å². The van der Waals surface area contributed by atoms with Crippen LogP contribution in [0.2, 0.25) is 0 Å². The molecule has 1 heterocycles. The lowest BCUT2D eigenvalue weighted by molar-refractivity contribution is 0.0758. The first-order valence-corrected chi connectivity index (χ1v) is 5.55. The van der Waals surface area contributed by atoms with Crippen molar-refractivity contribution in [2.75, 3.05) is 30.3 Å². The van der Waals surface area contributed by atoms with E-state index < -0.39 is 12.5 Å². The Kier molecular flexibility index (Phi) is 3.63. The molecule has 0 saturated carbocycles. The molecule has 0 spiro atoms. The Morgan fingerprint density at radius 3 is 2.94 bits per heavy atom. The average Bonchev–Trinajstić information content (AvgIpc) is 2.38. The van der Waals surface area contributed by atoms with Gasteiger partial charge in [0, 0.05) is 23.5 Å². The first-order valence-electron chi connectivity index (χ1n) is 5.55. The van der Waals surface area contributed by atoms with Gasteiger partial charge in [-0.05, 0) is 18.2 Å². The van der Waals surface area contributed by atoms with Gasteiger partial charge >= 0.3 is 0 Å². The number of alkyl halides is 2. The molecule has 6 heteroatoms. The van der Waals surface area contributed by atoms with Crippen LogP contribution in [0.1, 0.15) is 12.0 Å². The topological polar surface area (TPSA) is 62.3 Å². The molecule has 1 aromatic carbocycles. The van der Waals surface area contributed by atoms with Crippen LogP contribution in [0.5, 0.6) is 0 Å². The van der Waals surface area contributed by atoms with Gasteiger partial charge in [0.2, 0.25) is 0 Å². The van der Waals surface area contributed by atoms with E-state index >= 15 is 0 Å². The highest BCUT2D eigenvalue weighted by Gasteiger charge is 2.24. The molecule has 1 fully saturated rings. The third kappa shape index (κ3) is 2.51. The standard InChI is InChI=1S/C12H13F2N3O/c13-12(14)10-5-8(16)1-2-11(10)17-3-4-18-9(6-15)7-17/h1-2,5,9,12H,3-4,7,16H2. The summed E-state index contributed by atoms with van der Waals surface area (Å²) < 4.78 is 31.1. The molecule has 1 saturated heterocycles. The fourth-order valence-corrected chi connectivity index (χ4v) is 1.98. The van der Waals surface area contributed by atoms with Gasteiger partial charge in [-0.2, -0.15) is 5.26 Å². The Bertz CT molecular complexity index is 473. The van der Waals surface area contributed by atoms with E-state index in [2.05, 4.69) is 0 Å². The Hall–Kier alpha value is -1.87. The first-order chi connectivity index (χ1) is 8.61. The number of ether oxygens (including phenoxy) is 1.